The maximum absolute atomic E-state index is 12.9. The van der Waals surface area contributed by atoms with Gasteiger partial charge in [-0.25, -0.2) is 9.37 Å². The van der Waals surface area contributed by atoms with Gasteiger partial charge in [0.25, 0.3) is 5.56 Å². The lowest BCUT2D eigenvalue weighted by Crippen LogP contribution is -2.17. The minimum atomic E-state index is -0.328. The average Bonchev–Trinajstić information content (AvgIpc) is 3.01. The predicted molar refractivity (Wildman–Crippen MR) is 93.8 cm³/mol. The van der Waals surface area contributed by atoms with Gasteiger partial charge in [-0.15, -0.1) is 0 Å². The van der Waals surface area contributed by atoms with Crippen LogP contribution in [0.2, 0.25) is 0 Å². The molecule has 0 spiro atoms. The van der Waals surface area contributed by atoms with Crippen LogP contribution in [0.1, 0.15) is 5.56 Å². The summed E-state index contributed by atoms with van der Waals surface area (Å²) in [5.41, 5.74) is 2.06. The first kappa shape index (κ1) is 15.1. The fourth-order valence-electron chi connectivity index (χ4n) is 2.62. The Morgan fingerprint density at radius 1 is 1.24 bits per heavy atom. The average molecular weight is 336 g/mol. The van der Waals surface area contributed by atoms with Crippen LogP contribution in [0.5, 0.6) is 5.75 Å². The predicted octanol–water partition coefficient (Wildman–Crippen LogP) is 2.91. The molecule has 2 aromatic carbocycles. The van der Waals surface area contributed by atoms with E-state index in [9.17, 15) is 9.18 Å². The van der Waals surface area contributed by atoms with E-state index in [4.69, 9.17) is 4.74 Å². The Morgan fingerprint density at radius 2 is 2.04 bits per heavy atom. The van der Waals surface area contributed by atoms with Gasteiger partial charge in [-0.2, -0.15) is 9.78 Å². The minimum absolute atomic E-state index is 0.321. The van der Waals surface area contributed by atoms with Gasteiger partial charge in [0.05, 0.1) is 18.8 Å². The molecule has 4 rings (SSSR count). The molecule has 0 amide bonds. The maximum Gasteiger partial charge on any atom is 0.298 e. The van der Waals surface area contributed by atoms with Gasteiger partial charge in [0, 0.05) is 11.5 Å². The summed E-state index contributed by atoms with van der Waals surface area (Å²) in [7, 11) is 1.58. The molecule has 0 radical (unpaired) electrons. The summed E-state index contributed by atoms with van der Waals surface area (Å²) >= 11 is 0. The summed E-state index contributed by atoms with van der Waals surface area (Å²) in [4.78, 5) is 20.0. The molecule has 2 heterocycles. The van der Waals surface area contributed by atoms with Crippen LogP contribution in [0.3, 0.4) is 0 Å². The quantitative estimate of drug-likeness (QED) is 0.585. The maximum atomic E-state index is 12.9. The Hall–Kier alpha value is -3.48. The molecule has 25 heavy (non-hydrogen) atoms. The fraction of sp³-hybridized carbons (Fsp3) is 0.0556. The van der Waals surface area contributed by atoms with Gasteiger partial charge in [-0.3, -0.25) is 4.79 Å². The Kier molecular flexibility index (Phi) is 3.53. The van der Waals surface area contributed by atoms with Crippen molar-refractivity contribution in [3.63, 3.8) is 0 Å². The number of fused-ring (bicyclic) bond motifs is 3. The van der Waals surface area contributed by atoms with E-state index in [0.717, 1.165) is 15.6 Å². The van der Waals surface area contributed by atoms with Crippen molar-refractivity contribution in [2.45, 2.75) is 0 Å². The third kappa shape index (κ3) is 2.65. The largest absolute Gasteiger partial charge is 0.497 e. The molecule has 0 saturated carbocycles. The minimum Gasteiger partial charge on any atom is -0.497 e. The normalized spacial score (nSPS) is 11.6. The number of benzene rings is 2. The van der Waals surface area contributed by atoms with Crippen LogP contribution in [0.15, 0.2) is 58.7 Å². The Labute approximate surface area is 141 Å². The fourth-order valence-corrected chi connectivity index (χ4v) is 2.62. The topological polar surface area (TPSA) is 72.3 Å². The summed E-state index contributed by atoms with van der Waals surface area (Å²) in [5, 5.41) is 4.94. The zero-order valence-electron chi connectivity index (χ0n) is 13.2. The highest BCUT2D eigenvalue weighted by Gasteiger charge is 2.11. The number of nitrogens with zero attached hydrogens (tertiary/aromatic N) is 3. The number of rotatable bonds is 3. The SMILES string of the molecule is COc1ccc2c(c1)[nH]c1c(=O)n(N=Cc3ccc(F)cc3)cnc12. The molecule has 0 saturated heterocycles. The summed E-state index contributed by atoms with van der Waals surface area (Å²) in [6.45, 7) is 0. The number of aromatic amines is 1. The van der Waals surface area contributed by atoms with Gasteiger partial charge in [-0.1, -0.05) is 12.1 Å². The summed E-state index contributed by atoms with van der Waals surface area (Å²) in [6.07, 6.45) is 2.84. The van der Waals surface area contributed by atoms with Crippen molar-refractivity contribution in [2.24, 2.45) is 5.10 Å². The van der Waals surface area contributed by atoms with Crippen LogP contribution in [-0.2, 0) is 0 Å². The van der Waals surface area contributed by atoms with E-state index in [1.54, 1.807) is 19.2 Å². The summed E-state index contributed by atoms with van der Waals surface area (Å²) in [5.74, 6) is 0.361. The molecule has 0 fully saturated rings. The van der Waals surface area contributed by atoms with E-state index in [0.29, 0.717) is 22.3 Å². The first-order chi connectivity index (χ1) is 12.2. The first-order valence-electron chi connectivity index (χ1n) is 7.53. The molecule has 0 atom stereocenters. The van der Waals surface area contributed by atoms with Crippen molar-refractivity contribution >= 4 is 28.2 Å². The van der Waals surface area contributed by atoms with Crippen molar-refractivity contribution in [1.82, 2.24) is 14.6 Å². The molecule has 0 aliphatic heterocycles. The lowest BCUT2D eigenvalue weighted by Gasteiger charge is -1.98. The Bertz CT molecular complexity index is 1160. The van der Waals surface area contributed by atoms with E-state index in [1.165, 1.54) is 24.7 Å². The van der Waals surface area contributed by atoms with Crippen LogP contribution < -0.4 is 10.3 Å². The van der Waals surface area contributed by atoms with Gasteiger partial charge in [0.2, 0.25) is 0 Å². The van der Waals surface area contributed by atoms with Crippen LogP contribution in [-0.4, -0.2) is 28.0 Å². The van der Waals surface area contributed by atoms with Crippen LogP contribution >= 0.6 is 0 Å². The van der Waals surface area contributed by atoms with Gasteiger partial charge in [0.1, 0.15) is 28.9 Å². The van der Waals surface area contributed by atoms with Gasteiger partial charge in [0.15, 0.2) is 0 Å². The molecular weight excluding hydrogens is 323 g/mol. The molecule has 0 bridgehead atoms. The second-order valence-electron chi connectivity index (χ2n) is 5.45. The molecule has 7 heteroatoms. The molecule has 0 aliphatic carbocycles. The number of aromatic nitrogens is 3. The third-order valence-electron chi connectivity index (χ3n) is 3.90. The molecule has 0 unspecified atom stereocenters. The third-order valence-corrected chi connectivity index (χ3v) is 3.90. The number of hydrogen-bond acceptors (Lipinski definition) is 4. The van der Waals surface area contributed by atoms with Gasteiger partial charge >= 0.3 is 0 Å². The van der Waals surface area contributed by atoms with Crippen molar-refractivity contribution < 1.29 is 9.13 Å². The number of hydrogen-bond donors (Lipinski definition) is 1. The van der Waals surface area contributed by atoms with Gasteiger partial charge < -0.3 is 9.72 Å². The zero-order chi connectivity index (χ0) is 17.4. The van der Waals surface area contributed by atoms with E-state index < -0.39 is 0 Å². The van der Waals surface area contributed by atoms with Crippen LogP contribution in [0.4, 0.5) is 4.39 Å². The summed E-state index contributed by atoms with van der Waals surface area (Å²) in [6, 6.07) is 11.3. The van der Waals surface area contributed by atoms with E-state index in [1.807, 2.05) is 18.2 Å². The summed E-state index contributed by atoms with van der Waals surface area (Å²) < 4.78 is 19.3. The van der Waals surface area contributed by atoms with Crippen molar-refractivity contribution in [3.8, 4) is 5.75 Å². The van der Waals surface area contributed by atoms with Crippen LogP contribution in [0, 0.1) is 5.82 Å². The lowest BCUT2D eigenvalue weighted by atomic mass is 10.2. The second-order valence-corrected chi connectivity index (χ2v) is 5.45. The standard InChI is InChI=1S/C18H13FN4O2/c1-25-13-6-7-14-15(8-13)22-17-16(14)20-10-23(18(17)24)21-9-11-2-4-12(19)5-3-11/h2-10,22H,1H3. The van der Waals surface area contributed by atoms with Crippen molar-refractivity contribution in [3.05, 3.63) is 70.5 Å². The van der Waals surface area contributed by atoms with Crippen molar-refractivity contribution in [1.29, 1.82) is 0 Å². The number of halogens is 1. The number of nitrogens with one attached hydrogen (secondary N) is 1. The molecule has 2 aromatic heterocycles. The molecule has 4 aromatic rings. The van der Waals surface area contributed by atoms with Gasteiger partial charge in [-0.05, 0) is 29.8 Å². The van der Waals surface area contributed by atoms with Crippen LogP contribution in [0.25, 0.3) is 21.9 Å². The van der Waals surface area contributed by atoms with E-state index >= 15 is 0 Å². The van der Waals surface area contributed by atoms with E-state index in [-0.39, 0.29) is 11.4 Å². The lowest BCUT2D eigenvalue weighted by molar-refractivity contribution is 0.415. The zero-order valence-corrected chi connectivity index (χ0v) is 13.2. The number of methoxy groups -OCH3 is 1. The first-order valence-corrected chi connectivity index (χ1v) is 7.53. The Morgan fingerprint density at radius 3 is 2.80 bits per heavy atom. The Balaban J connectivity index is 1.80. The number of H-pyrrole nitrogens is 1. The highest BCUT2D eigenvalue weighted by atomic mass is 19.1. The highest BCUT2D eigenvalue weighted by molar-refractivity contribution is 6.04. The molecule has 1 N–H and O–H groups in total. The monoisotopic (exact) mass is 336 g/mol. The molecule has 6 nitrogen and oxygen atoms in total. The molecular formula is C18H13FN4O2. The number of ether oxygens (including phenoxy) is 1. The highest BCUT2D eigenvalue weighted by Crippen LogP contribution is 2.25. The van der Waals surface area contributed by atoms with Crippen molar-refractivity contribution in [2.75, 3.05) is 7.11 Å². The van der Waals surface area contributed by atoms with E-state index in [2.05, 4.69) is 15.1 Å². The molecule has 0 aliphatic rings. The second kappa shape index (κ2) is 5.86. The molecule has 124 valence electrons. The smallest absolute Gasteiger partial charge is 0.298 e.